The molecule has 38 heavy (non-hydrogen) atoms. The van der Waals surface area contributed by atoms with E-state index in [1.54, 1.807) is 18.2 Å². The van der Waals surface area contributed by atoms with Crippen LogP contribution in [0.4, 0.5) is 0 Å². The number of rotatable bonds is 15. The molecule has 2 aromatic rings. The summed E-state index contributed by atoms with van der Waals surface area (Å²) in [6.45, 7) is 13.0. The van der Waals surface area contributed by atoms with Gasteiger partial charge in [-0.1, -0.05) is 62.1 Å². The van der Waals surface area contributed by atoms with E-state index >= 15 is 0 Å². The molecule has 204 valence electrons. The zero-order valence-electron chi connectivity index (χ0n) is 23.0. The average molecular weight is 517 g/mol. The Labute approximate surface area is 228 Å². The third kappa shape index (κ3) is 9.02. The highest BCUT2D eigenvalue weighted by Crippen LogP contribution is 2.34. The number of allylic oxidation sites excluding steroid dienone is 6. The van der Waals surface area contributed by atoms with Gasteiger partial charge in [-0.15, -0.1) is 0 Å². The lowest BCUT2D eigenvalue weighted by Crippen LogP contribution is -2.28. The highest BCUT2D eigenvalue weighted by molar-refractivity contribution is 5.85. The smallest absolute Gasteiger partial charge is 0.119 e. The van der Waals surface area contributed by atoms with Gasteiger partial charge < -0.3 is 25.6 Å². The maximum Gasteiger partial charge on any atom is 0.119 e. The molecule has 0 radical (unpaired) electrons. The van der Waals surface area contributed by atoms with Crippen molar-refractivity contribution in [3.8, 4) is 11.5 Å². The predicted octanol–water partition coefficient (Wildman–Crippen LogP) is 6.01. The molecule has 0 amide bonds. The molecule has 0 aromatic heterocycles. The van der Waals surface area contributed by atoms with Crippen LogP contribution < -0.4 is 15.4 Å². The first kappa shape index (κ1) is 29.4. The van der Waals surface area contributed by atoms with Crippen LogP contribution in [0.15, 0.2) is 90.6 Å². The minimum absolute atomic E-state index is 0.124. The number of hydrogen-bond donors (Lipinski definition) is 4. The molecule has 1 aliphatic heterocycles. The zero-order chi connectivity index (χ0) is 27.2. The fraction of sp³-hybridized carbons (Fsp3) is 0.394. The third-order valence-corrected chi connectivity index (χ3v) is 7.17. The number of ether oxygens (including phenoxy) is 1. The summed E-state index contributed by atoms with van der Waals surface area (Å²) in [6, 6.07) is 15.5. The van der Waals surface area contributed by atoms with Crippen molar-refractivity contribution in [3.63, 3.8) is 0 Å². The van der Waals surface area contributed by atoms with Crippen molar-refractivity contribution in [2.24, 2.45) is 5.41 Å². The van der Waals surface area contributed by atoms with Crippen molar-refractivity contribution in [2.45, 2.75) is 39.5 Å². The molecule has 0 saturated carbocycles. The first-order chi connectivity index (χ1) is 18.5. The fourth-order valence-electron chi connectivity index (χ4n) is 4.85. The van der Waals surface area contributed by atoms with E-state index in [0.29, 0.717) is 18.4 Å². The fourth-order valence-corrected chi connectivity index (χ4v) is 4.85. The Hall–Kier alpha value is -3.12. The molecular weight excluding hydrogens is 472 g/mol. The molecule has 5 nitrogen and oxygen atoms in total. The van der Waals surface area contributed by atoms with E-state index in [2.05, 4.69) is 49.3 Å². The van der Waals surface area contributed by atoms with Gasteiger partial charge >= 0.3 is 0 Å². The lowest BCUT2D eigenvalue weighted by atomic mass is 9.86. The molecule has 2 aromatic carbocycles. The van der Waals surface area contributed by atoms with Crippen LogP contribution in [0.1, 0.15) is 50.7 Å². The standard InChI is InChI=1S/C33H44N2O3/c1-4-5-6-8-26(2)31(9-7-23-36)32(27-10-14-29(37)15-11-27)28-12-16-30(17-13-28)38-24-22-34-20-18-33(3)19-21-35-25-33/h4-6,8,10-17,34-37H,1,7,9,18-25H2,2-3H3/b6-5-,26-8+,32-31-. The van der Waals surface area contributed by atoms with Crippen LogP contribution in [0.2, 0.25) is 0 Å². The number of hydrogen-bond acceptors (Lipinski definition) is 5. The van der Waals surface area contributed by atoms with Gasteiger partial charge in [-0.2, -0.15) is 0 Å². The van der Waals surface area contributed by atoms with Crippen LogP contribution in [-0.2, 0) is 0 Å². The third-order valence-electron chi connectivity index (χ3n) is 7.17. The molecule has 1 fully saturated rings. The highest BCUT2D eigenvalue weighted by atomic mass is 16.5. The quantitative estimate of drug-likeness (QED) is 0.172. The van der Waals surface area contributed by atoms with E-state index in [9.17, 15) is 10.2 Å². The van der Waals surface area contributed by atoms with Gasteiger partial charge in [0.2, 0.25) is 0 Å². The second kappa shape index (κ2) is 15.3. The van der Waals surface area contributed by atoms with E-state index in [1.165, 1.54) is 12.8 Å². The number of benzene rings is 2. The van der Waals surface area contributed by atoms with Crippen LogP contribution in [0.3, 0.4) is 0 Å². The number of aliphatic hydroxyl groups excluding tert-OH is 1. The Bertz CT molecular complexity index is 1090. The predicted molar refractivity (Wildman–Crippen MR) is 159 cm³/mol. The molecule has 1 aliphatic rings. The normalized spacial score (nSPS) is 18.6. The van der Waals surface area contributed by atoms with Crippen molar-refractivity contribution in [1.82, 2.24) is 10.6 Å². The zero-order valence-corrected chi connectivity index (χ0v) is 23.0. The summed E-state index contributed by atoms with van der Waals surface area (Å²) in [5.74, 6) is 1.07. The van der Waals surface area contributed by atoms with Crippen LogP contribution in [0, 0.1) is 5.41 Å². The second-order valence-corrected chi connectivity index (χ2v) is 10.3. The molecular formula is C33H44N2O3. The largest absolute Gasteiger partial charge is 0.508 e. The van der Waals surface area contributed by atoms with E-state index in [4.69, 9.17) is 4.74 Å². The van der Waals surface area contributed by atoms with Crippen molar-refractivity contribution in [2.75, 3.05) is 39.4 Å². The Kier molecular flexibility index (Phi) is 11.9. The summed E-state index contributed by atoms with van der Waals surface area (Å²) < 4.78 is 6.01. The SMILES string of the molecule is C=C\C=C/C=C(C)/C(CCCO)=C(/c1ccc(O)cc1)c1ccc(OCCNCCC2(C)CCNC2)cc1. The van der Waals surface area contributed by atoms with Gasteiger partial charge in [-0.3, -0.25) is 0 Å². The van der Waals surface area contributed by atoms with Gasteiger partial charge in [0.05, 0.1) is 0 Å². The van der Waals surface area contributed by atoms with Crippen LogP contribution in [-0.4, -0.2) is 49.6 Å². The number of aromatic hydroxyl groups is 1. The van der Waals surface area contributed by atoms with Gasteiger partial charge in [-0.05, 0) is 103 Å². The molecule has 1 heterocycles. The van der Waals surface area contributed by atoms with Crippen molar-refractivity contribution >= 4 is 5.57 Å². The Morgan fingerprint density at radius 1 is 1.08 bits per heavy atom. The first-order valence-electron chi connectivity index (χ1n) is 13.7. The van der Waals surface area contributed by atoms with E-state index in [0.717, 1.165) is 66.2 Å². The van der Waals surface area contributed by atoms with Crippen molar-refractivity contribution < 1.29 is 14.9 Å². The molecule has 1 saturated heterocycles. The maximum atomic E-state index is 9.88. The lowest BCUT2D eigenvalue weighted by molar-refractivity contribution is 0.289. The van der Waals surface area contributed by atoms with Crippen molar-refractivity contribution in [3.05, 3.63) is 102 Å². The summed E-state index contributed by atoms with van der Waals surface area (Å²) in [5, 5.41) is 26.4. The topological polar surface area (TPSA) is 73.8 Å². The summed E-state index contributed by atoms with van der Waals surface area (Å²) >= 11 is 0. The summed E-state index contributed by atoms with van der Waals surface area (Å²) in [4.78, 5) is 0. The van der Waals surface area contributed by atoms with Crippen LogP contribution in [0.25, 0.3) is 5.57 Å². The molecule has 1 unspecified atom stereocenters. The monoisotopic (exact) mass is 516 g/mol. The molecule has 1 atom stereocenters. The summed E-state index contributed by atoms with van der Waals surface area (Å²) in [5.41, 5.74) is 5.85. The Morgan fingerprint density at radius 3 is 2.42 bits per heavy atom. The molecule has 3 rings (SSSR count). The first-order valence-corrected chi connectivity index (χ1v) is 13.7. The molecule has 5 heteroatoms. The van der Waals surface area contributed by atoms with Gasteiger partial charge in [0, 0.05) is 19.7 Å². The molecule has 0 spiro atoms. The Balaban J connectivity index is 1.75. The molecule has 4 N–H and O–H groups in total. The minimum Gasteiger partial charge on any atom is -0.508 e. The van der Waals surface area contributed by atoms with E-state index < -0.39 is 0 Å². The van der Waals surface area contributed by atoms with Gasteiger partial charge in [0.1, 0.15) is 18.1 Å². The Morgan fingerprint density at radius 2 is 1.79 bits per heavy atom. The van der Waals surface area contributed by atoms with Crippen LogP contribution >= 0.6 is 0 Å². The summed E-state index contributed by atoms with van der Waals surface area (Å²) in [7, 11) is 0. The van der Waals surface area contributed by atoms with E-state index in [-0.39, 0.29) is 12.4 Å². The second-order valence-electron chi connectivity index (χ2n) is 10.3. The average Bonchev–Trinajstić information content (AvgIpc) is 3.36. The number of phenols is 1. The molecule has 0 bridgehead atoms. The molecule has 0 aliphatic carbocycles. The van der Waals surface area contributed by atoms with Crippen LogP contribution in [0.5, 0.6) is 11.5 Å². The van der Waals surface area contributed by atoms with Gasteiger partial charge in [-0.25, -0.2) is 0 Å². The number of phenolic OH excluding ortho intramolecular Hbond substituents is 1. The lowest BCUT2D eigenvalue weighted by Gasteiger charge is -2.22. The van der Waals surface area contributed by atoms with Gasteiger partial charge in [0.25, 0.3) is 0 Å². The maximum absolute atomic E-state index is 9.88. The van der Waals surface area contributed by atoms with Gasteiger partial charge in [0.15, 0.2) is 0 Å². The van der Waals surface area contributed by atoms with E-state index in [1.807, 2.05) is 36.4 Å². The minimum atomic E-state index is 0.124. The number of nitrogens with one attached hydrogen (secondary N) is 2. The van der Waals surface area contributed by atoms with Crippen molar-refractivity contribution in [1.29, 1.82) is 0 Å². The summed E-state index contributed by atoms with van der Waals surface area (Å²) in [6.07, 6.45) is 11.5. The number of aliphatic hydroxyl groups is 1. The highest BCUT2D eigenvalue weighted by Gasteiger charge is 2.27.